The van der Waals surface area contributed by atoms with Crippen molar-refractivity contribution in [1.29, 1.82) is 0 Å². The van der Waals surface area contributed by atoms with Gasteiger partial charge in [-0.2, -0.15) is 0 Å². The Balaban J connectivity index is 1.43. The smallest absolute Gasteiger partial charge is 0.407 e. The van der Waals surface area contributed by atoms with E-state index in [9.17, 15) is 14.7 Å². The van der Waals surface area contributed by atoms with Gasteiger partial charge < -0.3 is 25.1 Å². The van der Waals surface area contributed by atoms with E-state index in [1.165, 1.54) is 4.90 Å². The quantitative estimate of drug-likeness (QED) is 0.365. The molecule has 2 N–H and O–H groups in total. The second-order valence-electron chi connectivity index (χ2n) is 9.34. The molecule has 0 aliphatic carbocycles. The molecule has 1 aliphatic rings. The lowest BCUT2D eigenvalue weighted by atomic mass is 10.0. The number of hydrogen-bond acceptors (Lipinski definition) is 8. The molecule has 0 saturated carbocycles. The highest BCUT2D eigenvalue weighted by molar-refractivity contribution is 7.10. The number of carbonyl (C=O) groups is 1. The number of pyridine rings is 1. The second-order valence-corrected chi connectivity index (χ2v) is 10.3. The van der Waals surface area contributed by atoms with E-state index in [2.05, 4.69) is 33.7 Å². The molecule has 0 radical (unpaired) electrons. The number of thiophene rings is 1. The molecule has 0 unspecified atom stereocenters. The number of hydrogen-bond donors (Lipinski definition) is 2. The summed E-state index contributed by atoms with van der Waals surface area (Å²) in [5.74, 6) is 1.25. The molecule has 4 heterocycles. The number of amides is 1. The SMILES string of the molecule is Cc1nc(N[C@H](C)c2cc(-c3ccccc3CN(C)C(=O)O)cs2)c2cn(N3CCOCC3)c(=O)cc2n1. The van der Waals surface area contributed by atoms with Crippen molar-refractivity contribution in [3.8, 4) is 11.1 Å². The Morgan fingerprint density at radius 1 is 1.24 bits per heavy atom. The Kier molecular flexibility index (Phi) is 7.30. The maximum absolute atomic E-state index is 12.8. The minimum atomic E-state index is -0.963. The Labute approximate surface area is 224 Å². The van der Waals surface area contributed by atoms with Crippen molar-refractivity contribution in [1.82, 2.24) is 19.5 Å². The zero-order valence-electron chi connectivity index (χ0n) is 21.5. The van der Waals surface area contributed by atoms with Crippen LogP contribution >= 0.6 is 11.3 Å². The summed E-state index contributed by atoms with van der Waals surface area (Å²) in [6.45, 7) is 6.62. The third-order valence-corrected chi connectivity index (χ3v) is 7.69. The average Bonchev–Trinajstić information content (AvgIpc) is 3.39. The first-order chi connectivity index (χ1) is 18.3. The molecule has 11 heteroatoms. The molecule has 0 spiro atoms. The second kappa shape index (κ2) is 10.8. The van der Waals surface area contributed by atoms with Crippen LogP contribution in [0.3, 0.4) is 0 Å². The van der Waals surface area contributed by atoms with Crippen molar-refractivity contribution in [2.75, 3.05) is 43.7 Å². The molecule has 3 aromatic heterocycles. The van der Waals surface area contributed by atoms with Crippen LogP contribution in [0.15, 0.2) is 52.8 Å². The van der Waals surface area contributed by atoms with Crippen LogP contribution in [-0.2, 0) is 11.3 Å². The summed E-state index contributed by atoms with van der Waals surface area (Å²) < 4.78 is 7.07. The van der Waals surface area contributed by atoms with Crippen LogP contribution in [0.4, 0.5) is 10.6 Å². The summed E-state index contributed by atoms with van der Waals surface area (Å²) in [7, 11) is 1.57. The first-order valence-corrected chi connectivity index (χ1v) is 13.3. The van der Waals surface area contributed by atoms with E-state index in [0.717, 1.165) is 27.0 Å². The Morgan fingerprint density at radius 3 is 2.76 bits per heavy atom. The summed E-state index contributed by atoms with van der Waals surface area (Å²) >= 11 is 1.63. The maximum atomic E-state index is 12.8. The van der Waals surface area contributed by atoms with Gasteiger partial charge in [0.2, 0.25) is 0 Å². The van der Waals surface area contributed by atoms with Crippen molar-refractivity contribution >= 4 is 34.2 Å². The zero-order valence-corrected chi connectivity index (χ0v) is 22.4. The van der Waals surface area contributed by atoms with E-state index in [1.807, 2.05) is 42.4 Å². The van der Waals surface area contributed by atoms with Crippen LogP contribution in [0.1, 0.15) is 29.2 Å². The number of aryl methyl sites for hydroxylation is 1. The monoisotopic (exact) mass is 534 g/mol. The van der Waals surface area contributed by atoms with Gasteiger partial charge in [0, 0.05) is 30.7 Å². The number of aromatic nitrogens is 3. The predicted octanol–water partition coefficient (Wildman–Crippen LogP) is 4.08. The molecule has 1 atom stereocenters. The minimum absolute atomic E-state index is 0.0659. The highest BCUT2D eigenvalue weighted by Gasteiger charge is 2.18. The predicted molar refractivity (Wildman–Crippen MR) is 149 cm³/mol. The molecular weight excluding hydrogens is 504 g/mol. The molecule has 1 aromatic carbocycles. The van der Waals surface area contributed by atoms with E-state index < -0.39 is 6.09 Å². The number of carboxylic acid groups (broad SMARTS) is 1. The molecule has 4 aromatic rings. The topological polar surface area (TPSA) is 113 Å². The lowest BCUT2D eigenvalue weighted by Gasteiger charge is -2.30. The largest absolute Gasteiger partial charge is 0.465 e. The fourth-order valence-electron chi connectivity index (χ4n) is 4.57. The number of nitrogens with zero attached hydrogens (tertiary/aromatic N) is 5. The van der Waals surface area contributed by atoms with E-state index >= 15 is 0 Å². The van der Waals surface area contributed by atoms with Crippen LogP contribution in [-0.4, -0.2) is 64.1 Å². The van der Waals surface area contributed by atoms with Gasteiger partial charge in [0.25, 0.3) is 5.56 Å². The number of ether oxygens (including phenoxy) is 1. The molecular formula is C27H30N6O4S. The summed E-state index contributed by atoms with van der Waals surface area (Å²) in [5, 5.41) is 17.7. The van der Waals surface area contributed by atoms with E-state index in [0.29, 0.717) is 50.0 Å². The molecule has 5 rings (SSSR count). The number of fused-ring (bicyclic) bond motifs is 1. The first kappa shape index (κ1) is 25.7. The Bertz CT molecular complexity index is 1530. The minimum Gasteiger partial charge on any atom is -0.465 e. The van der Waals surface area contributed by atoms with E-state index in [1.54, 1.807) is 29.1 Å². The van der Waals surface area contributed by atoms with Gasteiger partial charge in [-0.1, -0.05) is 24.3 Å². The normalized spacial score (nSPS) is 14.4. The summed E-state index contributed by atoms with van der Waals surface area (Å²) in [6.07, 6.45) is 0.849. The van der Waals surface area contributed by atoms with Crippen LogP contribution in [0.5, 0.6) is 0 Å². The molecule has 1 amide bonds. The van der Waals surface area contributed by atoms with Gasteiger partial charge in [-0.25, -0.2) is 19.4 Å². The summed E-state index contributed by atoms with van der Waals surface area (Å²) in [6, 6.07) is 11.5. The number of anilines is 1. The number of benzene rings is 1. The van der Waals surface area contributed by atoms with Crippen LogP contribution < -0.4 is 15.9 Å². The van der Waals surface area contributed by atoms with Gasteiger partial charge in [0.15, 0.2) is 0 Å². The van der Waals surface area contributed by atoms with Crippen molar-refractivity contribution < 1.29 is 14.6 Å². The Morgan fingerprint density at radius 2 is 2.00 bits per heavy atom. The summed E-state index contributed by atoms with van der Waals surface area (Å²) in [4.78, 5) is 35.7. The molecule has 1 saturated heterocycles. The average molecular weight is 535 g/mol. The number of morpholine rings is 1. The molecule has 38 heavy (non-hydrogen) atoms. The number of nitrogens with one attached hydrogen (secondary N) is 1. The van der Waals surface area contributed by atoms with Crippen molar-refractivity contribution in [2.24, 2.45) is 0 Å². The molecule has 1 aliphatic heterocycles. The van der Waals surface area contributed by atoms with Gasteiger partial charge >= 0.3 is 6.09 Å². The van der Waals surface area contributed by atoms with Crippen molar-refractivity contribution in [2.45, 2.75) is 26.4 Å². The fourth-order valence-corrected chi connectivity index (χ4v) is 5.49. The van der Waals surface area contributed by atoms with Gasteiger partial charge in [-0.3, -0.25) is 4.79 Å². The first-order valence-electron chi connectivity index (χ1n) is 12.4. The van der Waals surface area contributed by atoms with Gasteiger partial charge in [0.05, 0.1) is 43.2 Å². The Hall–Kier alpha value is -3.96. The molecule has 198 valence electrons. The molecule has 0 bridgehead atoms. The van der Waals surface area contributed by atoms with Crippen LogP contribution in [0.25, 0.3) is 22.0 Å². The zero-order chi connectivity index (χ0) is 26.8. The van der Waals surface area contributed by atoms with Crippen molar-refractivity contribution in [3.63, 3.8) is 0 Å². The van der Waals surface area contributed by atoms with Crippen molar-refractivity contribution in [3.05, 3.63) is 74.6 Å². The highest BCUT2D eigenvalue weighted by Crippen LogP contribution is 2.33. The maximum Gasteiger partial charge on any atom is 0.407 e. The number of rotatable bonds is 7. The lowest BCUT2D eigenvalue weighted by molar-refractivity contribution is 0.111. The lowest BCUT2D eigenvalue weighted by Crippen LogP contribution is -2.48. The summed E-state index contributed by atoms with van der Waals surface area (Å²) in [5.41, 5.74) is 3.46. The van der Waals surface area contributed by atoms with E-state index in [4.69, 9.17) is 4.74 Å². The van der Waals surface area contributed by atoms with Crippen LogP contribution in [0, 0.1) is 6.92 Å². The van der Waals surface area contributed by atoms with Gasteiger partial charge in [0.1, 0.15) is 11.6 Å². The highest BCUT2D eigenvalue weighted by atomic mass is 32.1. The standard InChI is InChI=1S/C27H30N6O4S/c1-17(24-12-20(16-38-24)21-7-5-4-6-19(21)14-31(3)27(35)36)28-26-22-15-33(32-8-10-37-11-9-32)25(34)13-23(22)29-18(2)30-26/h4-7,12-13,15-17H,8-11,14H2,1-3H3,(H,35,36)(H,28,29,30)/t17-/m1/s1. The van der Waals surface area contributed by atoms with Gasteiger partial charge in [-0.15, -0.1) is 11.3 Å². The van der Waals surface area contributed by atoms with E-state index in [-0.39, 0.29) is 11.6 Å². The fraction of sp³-hybridized carbons (Fsp3) is 0.333. The third-order valence-electron chi connectivity index (χ3n) is 6.58. The van der Waals surface area contributed by atoms with Crippen LogP contribution in [0.2, 0.25) is 0 Å². The third kappa shape index (κ3) is 5.34. The molecule has 1 fully saturated rings. The van der Waals surface area contributed by atoms with Gasteiger partial charge in [-0.05, 0) is 42.0 Å². The molecule has 10 nitrogen and oxygen atoms in total.